The van der Waals surface area contributed by atoms with Crippen molar-refractivity contribution in [1.82, 2.24) is 19.7 Å². The zero-order chi connectivity index (χ0) is 13.3. The van der Waals surface area contributed by atoms with E-state index in [9.17, 15) is 0 Å². The van der Waals surface area contributed by atoms with Gasteiger partial charge in [-0.05, 0) is 20.8 Å². The van der Waals surface area contributed by atoms with Crippen molar-refractivity contribution >= 4 is 17.4 Å². The number of rotatable bonds is 3. The first kappa shape index (κ1) is 12.8. The molecule has 0 aliphatic carbocycles. The van der Waals surface area contributed by atoms with E-state index in [4.69, 9.17) is 11.6 Å². The number of hydrogen-bond acceptors (Lipinski definition) is 4. The third-order valence-corrected chi connectivity index (χ3v) is 3.35. The highest BCUT2D eigenvalue weighted by Crippen LogP contribution is 2.20. The second kappa shape index (κ2) is 4.94. The minimum atomic E-state index is 0.493. The van der Waals surface area contributed by atoms with Gasteiger partial charge in [-0.2, -0.15) is 5.10 Å². The van der Waals surface area contributed by atoms with Gasteiger partial charge in [0.15, 0.2) is 0 Å². The summed E-state index contributed by atoms with van der Waals surface area (Å²) in [6, 6.07) is 0. The van der Waals surface area contributed by atoms with Crippen LogP contribution in [-0.4, -0.2) is 19.7 Å². The van der Waals surface area contributed by atoms with E-state index < -0.39 is 0 Å². The average Bonchev–Trinajstić information content (AvgIpc) is 2.63. The molecule has 2 aromatic heterocycles. The summed E-state index contributed by atoms with van der Waals surface area (Å²) in [5.41, 5.74) is 3.14. The molecule has 0 atom stereocenters. The van der Waals surface area contributed by atoms with Gasteiger partial charge in [-0.25, -0.2) is 9.97 Å². The van der Waals surface area contributed by atoms with Crippen molar-refractivity contribution in [3.63, 3.8) is 0 Å². The Labute approximate surface area is 111 Å². The molecule has 0 bridgehead atoms. The van der Waals surface area contributed by atoms with Gasteiger partial charge in [-0.15, -0.1) is 0 Å². The Bertz CT molecular complexity index is 576. The highest BCUT2D eigenvalue weighted by Gasteiger charge is 2.08. The predicted octanol–water partition coefficient (Wildman–Crippen LogP) is 2.40. The second-order valence-corrected chi connectivity index (χ2v) is 4.63. The Balaban J connectivity index is 2.18. The molecule has 18 heavy (non-hydrogen) atoms. The lowest BCUT2D eigenvalue weighted by atomic mass is 10.2. The molecule has 96 valence electrons. The Morgan fingerprint density at radius 2 is 2.00 bits per heavy atom. The van der Waals surface area contributed by atoms with Crippen molar-refractivity contribution in [2.45, 2.75) is 27.3 Å². The smallest absolute Gasteiger partial charge is 0.137 e. The summed E-state index contributed by atoms with van der Waals surface area (Å²) in [6.45, 7) is 6.44. The summed E-state index contributed by atoms with van der Waals surface area (Å²) in [4.78, 5) is 8.46. The summed E-state index contributed by atoms with van der Waals surface area (Å²) in [5.74, 6) is 1.44. The zero-order valence-electron chi connectivity index (χ0n) is 11.0. The first-order valence-corrected chi connectivity index (χ1v) is 6.09. The lowest BCUT2D eigenvalue weighted by molar-refractivity contribution is 0.738. The van der Waals surface area contributed by atoms with Crippen LogP contribution in [0.5, 0.6) is 0 Å². The van der Waals surface area contributed by atoms with Gasteiger partial charge in [0.25, 0.3) is 0 Å². The molecule has 0 saturated heterocycles. The highest BCUT2D eigenvalue weighted by molar-refractivity contribution is 6.30. The molecule has 0 aliphatic rings. The van der Waals surface area contributed by atoms with Crippen molar-refractivity contribution < 1.29 is 0 Å². The van der Waals surface area contributed by atoms with E-state index in [1.807, 2.05) is 38.7 Å². The van der Waals surface area contributed by atoms with Gasteiger partial charge in [0.2, 0.25) is 0 Å². The Morgan fingerprint density at radius 3 is 2.61 bits per heavy atom. The molecule has 0 aliphatic heterocycles. The van der Waals surface area contributed by atoms with Crippen molar-refractivity contribution in [1.29, 1.82) is 0 Å². The lowest BCUT2D eigenvalue weighted by Crippen LogP contribution is -2.06. The zero-order valence-corrected chi connectivity index (χ0v) is 11.7. The fourth-order valence-electron chi connectivity index (χ4n) is 1.66. The average molecular weight is 266 g/mol. The molecule has 0 aromatic carbocycles. The van der Waals surface area contributed by atoms with Gasteiger partial charge in [-0.3, -0.25) is 4.68 Å². The van der Waals surface area contributed by atoms with E-state index in [0.717, 1.165) is 22.6 Å². The first-order chi connectivity index (χ1) is 8.49. The van der Waals surface area contributed by atoms with E-state index in [2.05, 4.69) is 20.4 Å². The monoisotopic (exact) mass is 265 g/mol. The molecular weight excluding hydrogens is 250 g/mol. The quantitative estimate of drug-likeness (QED) is 0.866. The molecule has 0 spiro atoms. The number of nitrogens with one attached hydrogen (secondary N) is 1. The molecule has 2 rings (SSSR count). The second-order valence-electron chi connectivity index (χ2n) is 4.27. The molecule has 5 nitrogen and oxygen atoms in total. The van der Waals surface area contributed by atoms with E-state index in [0.29, 0.717) is 17.5 Å². The van der Waals surface area contributed by atoms with E-state index in [1.165, 1.54) is 0 Å². The maximum atomic E-state index is 6.03. The van der Waals surface area contributed by atoms with Crippen LogP contribution in [0.25, 0.3) is 0 Å². The fourth-order valence-corrected chi connectivity index (χ4v) is 1.87. The number of aryl methyl sites for hydroxylation is 2. The summed E-state index contributed by atoms with van der Waals surface area (Å²) >= 11 is 6.03. The minimum absolute atomic E-state index is 0.493. The molecule has 0 unspecified atom stereocenters. The van der Waals surface area contributed by atoms with Crippen LogP contribution < -0.4 is 5.32 Å². The molecule has 0 radical (unpaired) electrons. The highest BCUT2D eigenvalue weighted by atomic mass is 35.5. The van der Waals surface area contributed by atoms with Crippen LogP contribution >= 0.6 is 11.6 Å². The van der Waals surface area contributed by atoms with Crippen LogP contribution in [0.2, 0.25) is 5.15 Å². The largest absolute Gasteiger partial charge is 0.365 e. The van der Waals surface area contributed by atoms with Crippen molar-refractivity contribution in [3.8, 4) is 0 Å². The van der Waals surface area contributed by atoms with Gasteiger partial charge in [0.05, 0.1) is 6.20 Å². The minimum Gasteiger partial charge on any atom is -0.365 e. The van der Waals surface area contributed by atoms with Crippen LogP contribution in [0.4, 0.5) is 5.82 Å². The molecule has 1 N–H and O–H groups in total. The summed E-state index contributed by atoms with van der Waals surface area (Å²) < 4.78 is 1.85. The molecule has 0 fully saturated rings. The first-order valence-electron chi connectivity index (χ1n) is 5.71. The number of nitrogens with zero attached hydrogens (tertiary/aromatic N) is 4. The standard InChI is InChI=1S/C12H16ClN5/c1-7-11(13)16-9(3)17-12(7)14-5-10-6-15-18(4)8(10)2/h6H,5H2,1-4H3,(H,14,16,17). The Hall–Kier alpha value is -1.62. The topological polar surface area (TPSA) is 55.6 Å². The van der Waals surface area contributed by atoms with Crippen molar-refractivity contribution in [2.75, 3.05) is 5.32 Å². The SMILES string of the molecule is Cc1nc(Cl)c(C)c(NCc2cnn(C)c2C)n1. The molecular formula is C12H16ClN5. The molecule has 6 heteroatoms. The number of aromatic nitrogens is 4. The predicted molar refractivity (Wildman–Crippen MR) is 71.8 cm³/mol. The lowest BCUT2D eigenvalue weighted by Gasteiger charge is -2.10. The van der Waals surface area contributed by atoms with E-state index in [1.54, 1.807) is 0 Å². The summed E-state index contributed by atoms with van der Waals surface area (Å²) in [6.07, 6.45) is 1.85. The van der Waals surface area contributed by atoms with Crippen LogP contribution in [-0.2, 0) is 13.6 Å². The number of halogens is 1. The van der Waals surface area contributed by atoms with Crippen molar-refractivity contribution in [3.05, 3.63) is 34.0 Å². The van der Waals surface area contributed by atoms with Gasteiger partial charge < -0.3 is 5.32 Å². The maximum Gasteiger partial charge on any atom is 0.137 e. The molecule has 0 saturated carbocycles. The van der Waals surface area contributed by atoms with E-state index in [-0.39, 0.29) is 0 Å². The molecule has 0 amide bonds. The van der Waals surface area contributed by atoms with Crippen LogP contribution in [0.1, 0.15) is 22.6 Å². The summed E-state index contributed by atoms with van der Waals surface area (Å²) in [7, 11) is 1.93. The van der Waals surface area contributed by atoms with Gasteiger partial charge in [0.1, 0.15) is 16.8 Å². The number of hydrogen-bond donors (Lipinski definition) is 1. The molecule has 2 heterocycles. The normalized spacial score (nSPS) is 10.7. The number of anilines is 1. The Morgan fingerprint density at radius 1 is 1.28 bits per heavy atom. The van der Waals surface area contributed by atoms with Crippen LogP contribution in [0.15, 0.2) is 6.20 Å². The van der Waals surface area contributed by atoms with E-state index >= 15 is 0 Å². The Kier molecular flexibility index (Phi) is 3.52. The molecule has 2 aromatic rings. The van der Waals surface area contributed by atoms with Gasteiger partial charge >= 0.3 is 0 Å². The van der Waals surface area contributed by atoms with Crippen LogP contribution in [0.3, 0.4) is 0 Å². The maximum absolute atomic E-state index is 6.03. The van der Waals surface area contributed by atoms with Crippen LogP contribution in [0, 0.1) is 20.8 Å². The van der Waals surface area contributed by atoms with Gasteiger partial charge in [0, 0.05) is 30.4 Å². The summed E-state index contributed by atoms with van der Waals surface area (Å²) in [5, 5.41) is 7.97. The van der Waals surface area contributed by atoms with Crippen molar-refractivity contribution in [2.24, 2.45) is 7.05 Å². The fraction of sp³-hybridized carbons (Fsp3) is 0.417. The third kappa shape index (κ3) is 2.46. The van der Waals surface area contributed by atoms with Gasteiger partial charge in [-0.1, -0.05) is 11.6 Å². The third-order valence-electron chi connectivity index (χ3n) is 2.98.